The van der Waals surface area contributed by atoms with Gasteiger partial charge in [-0.1, -0.05) is 36.4 Å². The molecule has 2 aromatic rings. The van der Waals surface area contributed by atoms with E-state index >= 15 is 0 Å². The van der Waals surface area contributed by atoms with Crippen LogP contribution in [0.5, 0.6) is 0 Å². The van der Waals surface area contributed by atoms with Crippen LogP contribution in [0, 0.1) is 11.6 Å². The molecule has 0 aliphatic heterocycles. The third-order valence-electron chi connectivity index (χ3n) is 3.74. The van der Waals surface area contributed by atoms with Crippen molar-refractivity contribution in [2.75, 3.05) is 19.6 Å². The van der Waals surface area contributed by atoms with Crippen LogP contribution in [0.15, 0.2) is 61.2 Å². The van der Waals surface area contributed by atoms with Crippen molar-refractivity contribution in [2.24, 2.45) is 0 Å². The van der Waals surface area contributed by atoms with Crippen molar-refractivity contribution in [3.63, 3.8) is 0 Å². The third-order valence-corrected chi connectivity index (χ3v) is 3.74. The summed E-state index contributed by atoms with van der Waals surface area (Å²) in [4.78, 5) is 25.9. The second-order valence-corrected chi connectivity index (χ2v) is 5.70. The summed E-state index contributed by atoms with van der Waals surface area (Å²) in [5.41, 5.74) is 0.920. The van der Waals surface area contributed by atoms with Gasteiger partial charge in [0.1, 0.15) is 11.6 Å². The van der Waals surface area contributed by atoms with Crippen LogP contribution in [-0.2, 0) is 11.2 Å². The maximum absolute atomic E-state index is 13.2. The van der Waals surface area contributed by atoms with Crippen molar-refractivity contribution in [1.29, 1.82) is 0 Å². The second kappa shape index (κ2) is 9.46. The Morgan fingerprint density at radius 1 is 1.08 bits per heavy atom. The predicted molar refractivity (Wildman–Crippen MR) is 95.6 cm³/mol. The van der Waals surface area contributed by atoms with E-state index in [1.165, 1.54) is 0 Å². The molecule has 0 saturated carbocycles. The van der Waals surface area contributed by atoms with Gasteiger partial charge in [-0.3, -0.25) is 9.59 Å². The van der Waals surface area contributed by atoms with Crippen molar-refractivity contribution in [3.05, 3.63) is 83.9 Å². The van der Waals surface area contributed by atoms with E-state index in [2.05, 4.69) is 11.9 Å². The highest BCUT2D eigenvalue weighted by molar-refractivity contribution is 5.96. The number of rotatable bonds is 8. The lowest BCUT2D eigenvalue weighted by atomic mass is 10.1. The van der Waals surface area contributed by atoms with Gasteiger partial charge in [0.15, 0.2) is 0 Å². The molecule has 0 spiro atoms. The minimum Gasteiger partial charge on any atom is -0.343 e. The molecule has 0 fully saturated rings. The molecule has 4 nitrogen and oxygen atoms in total. The van der Waals surface area contributed by atoms with Gasteiger partial charge in [0.2, 0.25) is 5.91 Å². The van der Waals surface area contributed by atoms with Gasteiger partial charge >= 0.3 is 0 Å². The van der Waals surface area contributed by atoms with Gasteiger partial charge < -0.3 is 10.2 Å². The van der Waals surface area contributed by atoms with Crippen LogP contribution in [0.3, 0.4) is 0 Å². The summed E-state index contributed by atoms with van der Waals surface area (Å²) >= 11 is 0. The number of amides is 2. The Morgan fingerprint density at radius 3 is 2.35 bits per heavy atom. The van der Waals surface area contributed by atoms with Crippen LogP contribution in [0.1, 0.15) is 15.9 Å². The maximum Gasteiger partial charge on any atom is 0.251 e. The lowest BCUT2D eigenvalue weighted by Gasteiger charge is -2.21. The first-order chi connectivity index (χ1) is 12.5. The van der Waals surface area contributed by atoms with Gasteiger partial charge in [0, 0.05) is 24.7 Å². The highest BCUT2D eigenvalue weighted by Gasteiger charge is 2.15. The minimum absolute atomic E-state index is 0.171. The van der Waals surface area contributed by atoms with Gasteiger partial charge in [-0.05, 0) is 24.1 Å². The van der Waals surface area contributed by atoms with Gasteiger partial charge in [0.05, 0.1) is 6.54 Å². The van der Waals surface area contributed by atoms with E-state index in [9.17, 15) is 18.4 Å². The van der Waals surface area contributed by atoms with Gasteiger partial charge in [-0.15, -0.1) is 6.58 Å². The quantitative estimate of drug-likeness (QED) is 0.738. The summed E-state index contributed by atoms with van der Waals surface area (Å²) in [6.07, 6.45) is 2.27. The molecule has 1 N–H and O–H groups in total. The van der Waals surface area contributed by atoms with E-state index in [1.54, 1.807) is 11.0 Å². The van der Waals surface area contributed by atoms with Crippen LogP contribution in [-0.4, -0.2) is 36.3 Å². The fraction of sp³-hybridized carbons (Fsp3) is 0.200. The normalized spacial score (nSPS) is 10.2. The van der Waals surface area contributed by atoms with Crippen LogP contribution in [0.4, 0.5) is 8.78 Å². The molecule has 26 heavy (non-hydrogen) atoms. The summed E-state index contributed by atoms with van der Waals surface area (Å²) < 4.78 is 26.3. The zero-order valence-corrected chi connectivity index (χ0v) is 14.3. The molecule has 0 aliphatic rings. The number of nitrogens with one attached hydrogen (secondary N) is 1. The number of benzene rings is 2. The number of nitrogens with zero attached hydrogens (tertiary/aromatic N) is 1. The zero-order chi connectivity index (χ0) is 18.9. The van der Waals surface area contributed by atoms with Gasteiger partial charge in [0.25, 0.3) is 5.91 Å². The first-order valence-electron chi connectivity index (χ1n) is 8.16. The lowest BCUT2D eigenvalue weighted by Crippen LogP contribution is -2.41. The van der Waals surface area contributed by atoms with E-state index in [0.29, 0.717) is 25.6 Å². The van der Waals surface area contributed by atoms with Crippen molar-refractivity contribution in [3.8, 4) is 0 Å². The molecule has 2 rings (SSSR count). The number of hydrogen-bond acceptors (Lipinski definition) is 2. The molecule has 2 amide bonds. The molecular formula is C20H20F2N2O2. The Morgan fingerprint density at radius 2 is 1.73 bits per heavy atom. The van der Waals surface area contributed by atoms with Crippen LogP contribution < -0.4 is 5.32 Å². The Kier molecular flexibility index (Phi) is 7.02. The standard InChI is InChI=1S/C20H20F2N2O2/c1-2-9-24(10-8-15-6-4-3-5-7-15)19(25)14-23-20(26)16-11-17(21)13-18(22)12-16/h2-7,11-13H,1,8-10,14H2,(H,23,26). The maximum atomic E-state index is 13.2. The van der Waals surface area contributed by atoms with Crippen molar-refractivity contribution in [2.45, 2.75) is 6.42 Å². The van der Waals surface area contributed by atoms with Crippen LogP contribution in [0.25, 0.3) is 0 Å². The number of halogens is 2. The average Bonchev–Trinajstić information content (AvgIpc) is 2.63. The first kappa shape index (κ1) is 19.3. The molecule has 0 atom stereocenters. The zero-order valence-electron chi connectivity index (χ0n) is 14.3. The highest BCUT2D eigenvalue weighted by Crippen LogP contribution is 2.08. The minimum atomic E-state index is -0.849. The lowest BCUT2D eigenvalue weighted by molar-refractivity contribution is -0.129. The summed E-state index contributed by atoms with van der Waals surface area (Å²) in [7, 11) is 0. The Bertz CT molecular complexity index is 758. The molecule has 136 valence electrons. The van der Waals surface area contributed by atoms with Gasteiger partial charge in [-0.25, -0.2) is 8.78 Å². The van der Waals surface area contributed by atoms with E-state index < -0.39 is 17.5 Å². The monoisotopic (exact) mass is 358 g/mol. The summed E-state index contributed by atoms with van der Waals surface area (Å²) in [5, 5.41) is 2.39. The molecule has 0 heterocycles. The summed E-state index contributed by atoms with van der Waals surface area (Å²) in [6.45, 7) is 4.19. The number of hydrogen-bond donors (Lipinski definition) is 1. The van der Waals surface area contributed by atoms with Crippen molar-refractivity contribution < 1.29 is 18.4 Å². The summed E-state index contributed by atoms with van der Waals surface area (Å²) in [5.74, 6) is -2.71. The van der Waals surface area contributed by atoms with Crippen molar-refractivity contribution in [1.82, 2.24) is 10.2 Å². The molecule has 0 radical (unpaired) electrons. The smallest absolute Gasteiger partial charge is 0.251 e. The number of carbonyl (C=O) groups excluding carboxylic acids is 2. The van der Waals surface area contributed by atoms with E-state index in [0.717, 1.165) is 17.7 Å². The third kappa shape index (κ3) is 5.81. The molecule has 0 bridgehead atoms. The fourth-order valence-corrected chi connectivity index (χ4v) is 2.44. The van der Waals surface area contributed by atoms with Gasteiger partial charge in [-0.2, -0.15) is 0 Å². The average molecular weight is 358 g/mol. The fourth-order valence-electron chi connectivity index (χ4n) is 2.44. The molecule has 0 aromatic heterocycles. The first-order valence-corrected chi connectivity index (χ1v) is 8.16. The number of carbonyl (C=O) groups is 2. The van der Waals surface area contributed by atoms with Crippen molar-refractivity contribution >= 4 is 11.8 Å². The highest BCUT2D eigenvalue weighted by atomic mass is 19.1. The Balaban J connectivity index is 1.92. The molecule has 6 heteroatoms. The summed E-state index contributed by atoms with van der Waals surface area (Å²) in [6, 6.07) is 12.2. The Hall–Kier alpha value is -3.02. The van der Waals surface area contributed by atoms with E-state index in [-0.39, 0.29) is 18.0 Å². The Labute approximate surface area is 151 Å². The topological polar surface area (TPSA) is 49.4 Å². The van der Waals surface area contributed by atoms with Crippen LogP contribution in [0.2, 0.25) is 0 Å². The molecule has 2 aromatic carbocycles. The predicted octanol–water partition coefficient (Wildman–Crippen LogP) is 2.95. The molecule has 0 unspecified atom stereocenters. The van der Waals surface area contributed by atoms with E-state index in [4.69, 9.17) is 0 Å². The SMILES string of the molecule is C=CCN(CCc1ccccc1)C(=O)CNC(=O)c1cc(F)cc(F)c1. The largest absolute Gasteiger partial charge is 0.343 e. The molecule has 0 saturated heterocycles. The molecule has 0 aliphatic carbocycles. The second-order valence-electron chi connectivity index (χ2n) is 5.70. The molecular weight excluding hydrogens is 338 g/mol. The van der Waals surface area contributed by atoms with E-state index in [1.807, 2.05) is 30.3 Å². The van der Waals surface area contributed by atoms with Crippen LogP contribution >= 0.6 is 0 Å².